The van der Waals surface area contributed by atoms with E-state index in [0.717, 1.165) is 36.7 Å². The second-order valence-electron chi connectivity index (χ2n) is 7.31. The summed E-state index contributed by atoms with van der Waals surface area (Å²) in [6.07, 6.45) is 0.908. The number of rotatable bonds is 6. The van der Waals surface area contributed by atoms with Gasteiger partial charge in [0.2, 0.25) is 12.7 Å². The Morgan fingerprint density at radius 1 is 1.03 bits per heavy atom. The molecule has 1 fully saturated rings. The van der Waals surface area contributed by atoms with E-state index in [4.69, 9.17) is 14.2 Å². The monoisotopic (exact) mass is 400 g/mol. The zero-order chi connectivity index (χ0) is 20.2. The molecule has 1 saturated heterocycles. The maximum atomic E-state index is 13.8. The van der Waals surface area contributed by atoms with Crippen molar-refractivity contribution in [3.05, 3.63) is 53.3 Å². The number of piperazine rings is 1. The van der Waals surface area contributed by atoms with Crippen LogP contribution in [0.1, 0.15) is 17.5 Å². The SMILES string of the molecule is COc1ccc(CCC(=O)N2CCN(Cc3ccc4c(c3)OCO4)CC2)cc1F. The maximum Gasteiger partial charge on any atom is 0.231 e. The number of nitrogens with zero attached hydrogens (tertiary/aromatic N) is 2. The molecule has 0 radical (unpaired) electrons. The molecular formula is C22H25FN2O4. The van der Waals surface area contributed by atoms with Crippen LogP contribution < -0.4 is 14.2 Å². The molecule has 2 aliphatic rings. The van der Waals surface area contributed by atoms with Crippen molar-refractivity contribution in [2.45, 2.75) is 19.4 Å². The van der Waals surface area contributed by atoms with Crippen LogP contribution in [-0.2, 0) is 17.8 Å². The number of halogens is 1. The van der Waals surface area contributed by atoms with Gasteiger partial charge in [0.1, 0.15) is 0 Å². The summed E-state index contributed by atoms with van der Waals surface area (Å²) in [5.74, 6) is 1.53. The first kappa shape index (κ1) is 19.5. The molecule has 0 aromatic heterocycles. The van der Waals surface area contributed by atoms with Gasteiger partial charge in [0, 0.05) is 39.1 Å². The third kappa shape index (κ3) is 4.62. The standard InChI is InChI=1S/C22H25FN2O4/c1-27-19-5-2-16(12-18(19)23)4-7-22(26)25-10-8-24(9-11-25)14-17-3-6-20-21(13-17)29-15-28-20/h2-3,5-6,12-13H,4,7-11,14-15H2,1H3. The Bertz CT molecular complexity index is 881. The van der Waals surface area contributed by atoms with E-state index < -0.39 is 5.82 Å². The van der Waals surface area contributed by atoms with Crippen LogP contribution in [0.15, 0.2) is 36.4 Å². The van der Waals surface area contributed by atoms with Crippen LogP contribution in [0.5, 0.6) is 17.2 Å². The quantitative estimate of drug-likeness (QED) is 0.746. The summed E-state index contributed by atoms with van der Waals surface area (Å²) in [4.78, 5) is 16.8. The van der Waals surface area contributed by atoms with Crippen LogP contribution in [0.2, 0.25) is 0 Å². The van der Waals surface area contributed by atoms with E-state index in [1.807, 2.05) is 17.0 Å². The lowest BCUT2D eigenvalue weighted by Crippen LogP contribution is -2.48. The maximum absolute atomic E-state index is 13.8. The molecule has 154 valence electrons. The molecule has 29 heavy (non-hydrogen) atoms. The number of fused-ring (bicyclic) bond motifs is 1. The van der Waals surface area contributed by atoms with Crippen molar-refractivity contribution in [1.82, 2.24) is 9.80 Å². The van der Waals surface area contributed by atoms with Crippen molar-refractivity contribution in [1.29, 1.82) is 0 Å². The minimum Gasteiger partial charge on any atom is -0.494 e. The van der Waals surface area contributed by atoms with E-state index in [0.29, 0.717) is 25.9 Å². The fraction of sp³-hybridized carbons (Fsp3) is 0.409. The summed E-state index contributed by atoms with van der Waals surface area (Å²) in [7, 11) is 1.44. The van der Waals surface area contributed by atoms with Gasteiger partial charge in [-0.05, 0) is 41.8 Å². The highest BCUT2D eigenvalue weighted by Crippen LogP contribution is 2.32. The molecule has 2 aromatic rings. The highest BCUT2D eigenvalue weighted by Gasteiger charge is 2.22. The van der Waals surface area contributed by atoms with Gasteiger partial charge in [0.25, 0.3) is 0 Å². The molecule has 4 rings (SSSR count). The Morgan fingerprint density at radius 3 is 2.55 bits per heavy atom. The minimum absolute atomic E-state index is 0.115. The number of amides is 1. The summed E-state index contributed by atoms with van der Waals surface area (Å²) in [6.45, 7) is 4.18. The fourth-order valence-corrected chi connectivity index (χ4v) is 3.73. The van der Waals surface area contributed by atoms with Crippen LogP contribution in [0.4, 0.5) is 4.39 Å². The molecular weight excluding hydrogens is 375 g/mol. The average Bonchev–Trinajstić information content (AvgIpc) is 3.20. The lowest BCUT2D eigenvalue weighted by Gasteiger charge is -2.35. The van der Waals surface area contributed by atoms with Crippen LogP contribution in [0.3, 0.4) is 0 Å². The molecule has 0 bridgehead atoms. The van der Waals surface area contributed by atoms with Crippen LogP contribution in [0.25, 0.3) is 0 Å². The van der Waals surface area contributed by atoms with Crippen molar-refractivity contribution >= 4 is 5.91 Å². The van der Waals surface area contributed by atoms with E-state index in [1.54, 1.807) is 12.1 Å². The zero-order valence-corrected chi connectivity index (χ0v) is 16.5. The zero-order valence-electron chi connectivity index (χ0n) is 16.5. The molecule has 6 nitrogen and oxygen atoms in total. The van der Waals surface area contributed by atoms with Crippen molar-refractivity contribution in [2.75, 3.05) is 40.1 Å². The molecule has 2 aromatic carbocycles. The lowest BCUT2D eigenvalue weighted by atomic mass is 10.1. The van der Waals surface area contributed by atoms with Crippen LogP contribution in [-0.4, -0.2) is 55.8 Å². The summed E-state index contributed by atoms with van der Waals surface area (Å²) in [5.41, 5.74) is 1.98. The van der Waals surface area contributed by atoms with Crippen molar-refractivity contribution in [2.24, 2.45) is 0 Å². The molecule has 0 unspecified atom stereocenters. The van der Waals surface area contributed by atoms with Gasteiger partial charge in [-0.2, -0.15) is 0 Å². The van der Waals surface area contributed by atoms with Gasteiger partial charge in [-0.3, -0.25) is 9.69 Å². The Labute approximate surface area is 169 Å². The first-order valence-electron chi connectivity index (χ1n) is 9.83. The Balaban J connectivity index is 1.24. The van der Waals surface area contributed by atoms with Crippen molar-refractivity contribution in [3.63, 3.8) is 0 Å². The molecule has 1 amide bonds. The van der Waals surface area contributed by atoms with Crippen LogP contribution in [0, 0.1) is 5.82 Å². The van der Waals surface area contributed by atoms with Gasteiger partial charge in [-0.25, -0.2) is 4.39 Å². The lowest BCUT2D eigenvalue weighted by molar-refractivity contribution is -0.133. The van der Waals surface area contributed by atoms with E-state index in [2.05, 4.69) is 11.0 Å². The number of methoxy groups -OCH3 is 1. The number of ether oxygens (including phenoxy) is 3. The number of hydrogen-bond acceptors (Lipinski definition) is 5. The number of hydrogen-bond donors (Lipinski definition) is 0. The third-order valence-corrected chi connectivity index (χ3v) is 5.41. The minimum atomic E-state index is -0.394. The van der Waals surface area contributed by atoms with Gasteiger partial charge >= 0.3 is 0 Å². The highest BCUT2D eigenvalue weighted by molar-refractivity contribution is 5.76. The largest absolute Gasteiger partial charge is 0.494 e. The fourth-order valence-electron chi connectivity index (χ4n) is 3.73. The summed E-state index contributed by atoms with van der Waals surface area (Å²) < 4.78 is 29.5. The first-order chi connectivity index (χ1) is 14.1. The van der Waals surface area contributed by atoms with Gasteiger partial charge in [0.15, 0.2) is 23.1 Å². The second kappa shape index (κ2) is 8.69. The second-order valence-corrected chi connectivity index (χ2v) is 7.31. The first-order valence-corrected chi connectivity index (χ1v) is 9.83. The molecule has 2 aliphatic heterocycles. The molecule has 0 aliphatic carbocycles. The van der Waals surface area contributed by atoms with E-state index in [9.17, 15) is 9.18 Å². The Kier molecular flexibility index (Phi) is 5.85. The van der Waals surface area contributed by atoms with Crippen molar-refractivity contribution in [3.8, 4) is 17.2 Å². The molecule has 7 heteroatoms. The third-order valence-electron chi connectivity index (χ3n) is 5.41. The van der Waals surface area contributed by atoms with Crippen molar-refractivity contribution < 1.29 is 23.4 Å². The Morgan fingerprint density at radius 2 is 1.79 bits per heavy atom. The van der Waals surface area contributed by atoms with Gasteiger partial charge in [-0.1, -0.05) is 12.1 Å². The number of benzene rings is 2. The van der Waals surface area contributed by atoms with Crippen LogP contribution >= 0.6 is 0 Å². The average molecular weight is 400 g/mol. The van der Waals surface area contributed by atoms with Gasteiger partial charge in [0.05, 0.1) is 7.11 Å². The number of aryl methyl sites for hydroxylation is 1. The van der Waals surface area contributed by atoms with Gasteiger partial charge < -0.3 is 19.1 Å². The molecule has 2 heterocycles. The molecule has 0 N–H and O–H groups in total. The Hall–Kier alpha value is -2.80. The predicted octanol–water partition coefficient (Wildman–Crippen LogP) is 2.84. The number of carbonyl (C=O) groups excluding carboxylic acids is 1. The van der Waals surface area contributed by atoms with Gasteiger partial charge in [-0.15, -0.1) is 0 Å². The normalized spacial score (nSPS) is 16.1. The molecule has 0 saturated carbocycles. The van der Waals surface area contributed by atoms with E-state index in [-0.39, 0.29) is 18.4 Å². The van der Waals surface area contributed by atoms with E-state index in [1.165, 1.54) is 18.7 Å². The summed E-state index contributed by atoms with van der Waals surface area (Å²) in [5, 5.41) is 0. The molecule has 0 spiro atoms. The summed E-state index contributed by atoms with van der Waals surface area (Å²) >= 11 is 0. The predicted molar refractivity (Wildman–Crippen MR) is 106 cm³/mol. The smallest absolute Gasteiger partial charge is 0.231 e. The summed E-state index contributed by atoms with van der Waals surface area (Å²) in [6, 6.07) is 10.9. The van der Waals surface area contributed by atoms with E-state index >= 15 is 0 Å². The molecule has 0 atom stereocenters. The number of carbonyl (C=O) groups is 1. The highest BCUT2D eigenvalue weighted by atomic mass is 19.1. The topological polar surface area (TPSA) is 51.2 Å².